The summed E-state index contributed by atoms with van der Waals surface area (Å²) in [5.74, 6) is 1.59. The molecule has 4 rings (SSSR count). The Morgan fingerprint density at radius 3 is 2.68 bits per heavy atom. The minimum atomic E-state index is 0.122. The van der Waals surface area contributed by atoms with Gasteiger partial charge in [-0.05, 0) is 43.8 Å². The van der Waals surface area contributed by atoms with Crippen molar-refractivity contribution in [2.45, 2.75) is 57.5 Å². The van der Waals surface area contributed by atoms with Gasteiger partial charge in [0.1, 0.15) is 11.9 Å². The largest absolute Gasteiger partial charge is 0.489 e. The molecule has 0 unspecified atom stereocenters. The van der Waals surface area contributed by atoms with E-state index in [-0.39, 0.29) is 12.0 Å². The van der Waals surface area contributed by atoms with Crippen LogP contribution in [0.4, 0.5) is 0 Å². The molecule has 2 heteroatoms. The van der Waals surface area contributed by atoms with Gasteiger partial charge < -0.3 is 4.74 Å². The maximum atomic E-state index is 12.3. The van der Waals surface area contributed by atoms with Crippen molar-refractivity contribution in [2.24, 2.45) is 5.92 Å². The minimum absolute atomic E-state index is 0.122. The molecule has 0 bridgehead atoms. The Kier molecular flexibility index (Phi) is 2.64. The van der Waals surface area contributed by atoms with Gasteiger partial charge in [0.25, 0.3) is 0 Å². The van der Waals surface area contributed by atoms with Crippen molar-refractivity contribution in [2.75, 3.05) is 0 Å². The maximum absolute atomic E-state index is 12.3. The molecule has 4 aliphatic rings. The first-order valence-corrected chi connectivity index (χ1v) is 7.67. The smallest absolute Gasteiger partial charge is 0.163 e. The highest BCUT2D eigenvalue weighted by atomic mass is 16.5. The fourth-order valence-electron chi connectivity index (χ4n) is 4.09. The summed E-state index contributed by atoms with van der Waals surface area (Å²) in [7, 11) is 0. The topological polar surface area (TPSA) is 26.3 Å². The molecule has 1 aliphatic heterocycles. The third-order valence-electron chi connectivity index (χ3n) is 4.99. The molecule has 0 saturated heterocycles. The van der Waals surface area contributed by atoms with Crippen LogP contribution in [0.2, 0.25) is 0 Å². The van der Waals surface area contributed by atoms with E-state index in [1.165, 1.54) is 37.7 Å². The molecule has 0 N–H and O–H groups in total. The van der Waals surface area contributed by atoms with Crippen molar-refractivity contribution >= 4 is 5.78 Å². The first-order valence-electron chi connectivity index (χ1n) is 7.67. The van der Waals surface area contributed by atoms with E-state index >= 15 is 0 Å². The summed E-state index contributed by atoms with van der Waals surface area (Å²) in [6.45, 7) is 0. The molecule has 0 spiro atoms. The molecule has 1 saturated carbocycles. The number of carbonyl (C=O) groups is 1. The highest BCUT2D eigenvalue weighted by molar-refractivity contribution is 5.98. The summed E-state index contributed by atoms with van der Waals surface area (Å²) in [6.07, 6.45) is 13.6. The first kappa shape index (κ1) is 11.5. The fraction of sp³-hybridized carbons (Fsp3) is 0.588. The van der Waals surface area contributed by atoms with Crippen molar-refractivity contribution in [3.8, 4) is 0 Å². The Morgan fingerprint density at radius 2 is 1.84 bits per heavy atom. The SMILES string of the molecule is O=C1CCCC2=C1[C@@H]1C(=C3CCCCC3)C=C[C@@H]1O2. The van der Waals surface area contributed by atoms with E-state index < -0.39 is 0 Å². The van der Waals surface area contributed by atoms with Crippen LogP contribution in [0.1, 0.15) is 51.4 Å². The number of allylic oxidation sites excluding steroid dienone is 3. The first-order chi connectivity index (χ1) is 9.34. The average molecular weight is 256 g/mol. The maximum Gasteiger partial charge on any atom is 0.163 e. The lowest BCUT2D eigenvalue weighted by Crippen LogP contribution is -2.19. The van der Waals surface area contributed by atoms with E-state index in [0.29, 0.717) is 12.2 Å². The van der Waals surface area contributed by atoms with E-state index in [0.717, 1.165) is 24.2 Å². The molecule has 0 radical (unpaired) electrons. The Morgan fingerprint density at radius 1 is 1.00 bits per heavy atom. The zero-order valence-corrected chi connectivity index (χ0v) is 11.3. The number of hydrogen-bond donors (Lipinski definition) is 0. The predicted octanol–water partition coefficient (Wildman–Crippen LogP) is 3.84. The van der Waals surface area contributed by atoms with Gasteiger partial charge >= 0.3 is 0 Å². The van der Waals surface area contributed by atoms with Gasteiger partial charge in [0, 0.05) is 18.4 Å². The number of carbonyl (C=O) groups excluding carboxylic acids is 1. The Bertz CT molecular complexity index is 513. The van der Waals surface area contributed by atoms with Crippen LogP contribution in [0.5, 0.6) is 0 Å². The van der Waals surface area contributed by atoms with Crippen LogP contribution < -0.4 is 0 Å². The Balaban J connectivity index is 1.74. The number of ketones is 1. The lowest BCUT2D eigenvalue weighted by atomic mass is 9.80. The third kappa shape index (κ3) is 1.73. The number of ether oxygens (including phenoxy) is 1. The molecule has 1 fully saturated rings. The molecule has 2 atom stereocenters. The normalized spacial score (nSPS) is 33.6. The molecular formula is C17H20O2. The van der Waals surface area contributed by atoms with Gasteiger partial charge in [-0.3, -0.25) is 4.79 Å². The zero-order valence-electron chi connectivity index (χ0n) is 11.3. The van der Waals surface area contributed by atoms with Crippen molar-refractivity contribution in [1.29, 1.82) is 0 Å². The van der Waals surface area contributed by atoms with Crippen LogP contribution in [-0.4, -0.2) is 11.9 Å². The number of fused-ring (bicyclic) bond motifs is 2. The van der Waals surface area contributed by atoms with Crippen molar-refractivity contribution in [1.82, 2.24) is 0 Å². The molecule has 0 aromatic rings. The third-order valence-corrected chi connectivity index (χ3v) is 4.99. The second kappa shape index (κ2) is 4.36. The highest BCUT2D eigenvalue weighted by Gasteiger charge is 2.44. The number of Topliss-reactive ketones (excluding diaryl/α,β-unsaturated/α-hetero) is 1. The molecule has 1 heterocycles. The van der Waals surface area contributed by atoms with Crippen molar-refractivity contribution in [3.63, 3.8) is 0 Å². The number of hydrogen-bond acceptors (Lipinski definition) is 2. The van der Waals surface area contributed by atoms with Gasteiger partial charge in [-0.1, -0.05) is 18.1 Å². The second-order valence-corrected chi connectivity index (χ2v) is 6.15. The fourth-order valence-corrected chi connectivity index (χ4v) is 4.09. The van der Waals surface area contributed by atoms with E-state index in [1.807, 2.05) is 0 Å². The van der Waals surface area contributed by atoms with E-state index in [1.54, 1.807) is 5.57 Å². The van der Waals surface area contributed by atoms with E-state index in [2.05, 4.69) is 12.2 Å². The highest BCUT2D eigenvalue weighted by Crippen LogP contribution is 2.47. The zero-order chi connectivity index (χ0) is 12.8. The molecule has 0 amide bonds. The van der Waals surface area contributed by atoms with Crippen LogP contribution in [-0.2, 0) is 9.53 Å². The summed E-state index contributed by atoms with van der Waals surface area (Å²) in [6, 6.07) is 0. The van der Waals surface area contributed by atoms with Crippen LogP contribution in [0.25, 0.3) is 0 Å². The average Bonchev–Trinajstić information content (AvgIpc) is 2.98. The van der Waals surface area contributed by atoms with Crippen LogP contribution in [0.3, 0.4) is 0 Å². The molecule has 0 aromatic heterocycles. The summed E-state index contributed by atoms with van der Waals surface area (Å²) in [4.78, 5) is 12.3. The molecule has 0 aromatic carbocycles. The summed E-state index contributed by atoms with van der Waals surface area (Å²) in [5.41, 5.74) is 4.03. The standard InChI is InChI=1S/C17H20O2/c18-13-7-4-8-14-17(13)16-12(9-10-15(16)19-14)11-5-2-1-3-6-11/h9-10,15-16H,1-8H2/t15-,16+/m0/s1. The molecule has 2 nitrogen and oxygen atoms in total. The molecular weight excluding hydrogens is 236 g/mol. The quantitative estimate of drug-likeness (QED) is 0.658. The lowest BCUT2D eigenvalue weighted by molar-refractivity contribution is -0.116. The van der Waals surface area contributed by atoms with Gasteiger partial charge in [-0.15, -0.1) is 0 Å². The van der Waals surface area contributed by atoms with Crippen LogP contribution in [0, 0.1) is 5.92 Å². The predicted molar refractivity (Wildman–Crippen MR) is 73.5 cm³/mol. The Hall–Kier alpha value is -1.31. The van der Waals surface area contributed by atoms with Gasteiger partial charge in [-0.25, -0.2) is 0 Å². The van der Waals surface area contributed by atoms with Gasteiger partial charge in [-0.2, -0.15) is 0 Å². The van der Waals surface area contributed by atoms with Crippen LogP contribution in [0.15, 0.2) is 34.6 Å². The van der Waals surface area contributed by atoms with Gasteiger partial charge in [0.15, 0.2) is 5.78 Å². The van der Waals surface area contributed by atoms with E-state index in [4.69, 9.17) is 4.74 Å². The van der Waals surface area contributed by atoms with Gasteiger partial charge in [0.05, 0.1) is 5.92 Å². The minimum Gasteiger partial charge on any atom is -0.489 e. The van der Waals surface area contributed by atoms with Crippen molar-refractivity contribution < 1.29 is 9.53 Å². The monoisotopic (exact) mass is 256 g/mol. The van der Waals surface area contributed by atoms with Crippen LogP contribution >= 0.6 is 0 Å². The molecule has 3 aliphatic carbocycles. The van der Waals surface area contributed by atoms with Crippen molar-refractivity contribution in [3.05, 3.63) is 34.6 Å². The number of rotatable bonds is 0. The lowest BCUT2D eigenvalue weighted by Gasteiger charge is -2.21. The Labute approximate surface area is 114 Å². The summed E-state index contributed by atoms with van der Waals surface area (Å²) >= 11 is 0. The summed E-state index contributed by atoms with van der Waals surface area (Å²) in [5, 5.41) is 0. The molecule has 100 valence electrons. The second-order valence-electron chi connectivity index (χ2n) is 6.15. The molecule has 19 heavy (non-hydrogen) atoms. The van der Waals surface area contributed by atoms with E-state index in [9.17, 15) is 4.79 Å². The van der Waals surface area contributed by atoms with Gasteiger partial charge in [0.2, 0.25) is 0 Å². The summed E-state index contributed by atoms with van der Waals surface area (Å²) < 4.78 is 6.02.